The second kappa shape index (κ2) is 9.93. The number of ether oxygens (including phenoxy) is 2. The maximum atomic E-state index is 12.2. The third kappa shape index (κ3) is 5.50. The number of nitrogens with one attached hydrogen (secondary N) is 1. The predicted octanol–water partition coefficient (Wildman–Crippen LogP) is 5.16. The fourth-order valence-corrected chi connectivity index (χ4v) is 3.69. The molecule has 6 nitrogen and oxygen atoms in total. The lowest BCUT2D eigenvalue weighted by atomic mass is 10.1. The van der Waals surface area contributed by atoms with Gasteiger partial charge in [-0.1, -0.05) is 29.3 Å². The molecule has 0 radical (unpaired) electrons. The number of halogens is 2. The van der Waals surface area contributed by atoms with E-state index in [2.05, 4.69) is 10.3 Å². The van der Waals surface area contributed by atoms with Gasteiger partial charge >= 0.3 is 5.97 Å². The first-order valence-electron chi connectivity index (χ1n) is 8.88. The number of rotatable bonds is 7. The van der Waals surface area contributed by atoms with Crippen LogP contribution in [0.1, 0.15) is 29.0 Å². The second-order valence-electron chi connectivity index (χ2n) is 6.31. The maximum absolute atomic E-state index is 12.2. The van der Waals surface area contributed by atoms with Gasteiger partial charge in [-0.25, -0.2) is 9.78 Å². The Morgan fingerprint density at radius 2 is 1.87 bits per heavy atom. The van der Waals surface area contributed by atoms with E-state index in [9.17, 15) is 9.59 Å². The fourth-order valence-electron chi connectivity index (χ4n) is 2.59. The molecule has 2 aromatic carbocycles. The third-order valence-electron chi connectivity index (χ3n) is 4.21. The highest BCUT2D eigenvalue weighted by molar-refractivity contribution is 7.13. The minimum atomic E-state index is -0.664. The van der Waals surface area contributed by atoms with Crippen LogP contribution in [0.25, 0.3) is 10.6 Å². The number of amides is 1. The summed E-state index contributed by atoms with van der Waals surface area (Å²) in [4.78, 5) is 28.6. The van der Waals surface area contributed by atoms with Crippen LogP contribution in [0.3, 0.4) is 0 Å². The normalized spacial score (nSPS) is 11.6. The zero-order valence-corrected chi connectivity index (χ0v) is 18.5. The van der Waals surface area contributed by atoms with Crippen molar-refractivity contribution in [3.63, 3.8) is 0 Å². The third-order valence-corrected chi connectivity index (χ3v) is 5.84. The number of benzene rings is 2. The van der Waals surface area contributed by atoms with Crippen molar-refractivity contribution in [2.75, 3.05) is 13.7 Å². The molecule has 3 aromatic rings. The first-order valence-corrected chi connectivity index (χ1v) is 10.5. The van der Waals surface area contributed by atoms with E-state index in [0.717, 1.165) is 16.9 Å². The van der Waals surface area contributed by atoms with Gasteiger partial charge in [0.15, 0.2) is 12.3 Å². The van der Waals surface area contributed by atoms with Gasteiger partial charge in [0, 0.05) is 10.9 Å². The van der Waals surface area contributed by atoms with E-state index in [0.29, 0.717) is 15.1 Å². The Hall–Kier alpha value is -2.61. The Bertz CT molecular complexity index is 1050. The van der Waals surface area contributed by atoms with Gasteiger partial charge in [0.1, 0.15) is 10.8 Å². The van der Waals surface area contributed by atoms with Crippen LogP contribution in [0.4, 0.5) is 0 Å². The minimum Gasteiger partial charge on any atom is -0.497 e. The molecule has 1 aromatic heterocycles. The van der Waals surface area contributed by atoms with Crippen LogP contribution >= 0.6 is 34.5 Å². The summed E-state index contributed by atoms with van der Waals surface area (Å²) in [5.41, 5.74) is 1.79. The summed E-state index contributed by atoms with van der Waals surface area (Å²) in [6, 6.07) is 12.1. The molecule has 0 bridgehead atoms. The van der Waals surface area contributed by atoms with Gasteiger partial charge in [-0.3, -0.25) is 4.79 Å². The van der Waals surface area contributed by atoms with Crippen molar-refractivity contribution in [2.24, 2.45) is 0 Å². The van der Waals surface area contributed by atoms with E-state index in [-0.39, 0.29) is 11.7 Å². The number of thiazole rings is 1. The number of methoxy groups -OCH3 is 1. The number of hydrogen-bond acceptors (Lipinski definition) is 6. The molecular formula is C21H18Cl2N2O4S. The fraction of sp³-hybridized carbons (Fsp3) is 0.190. The van der Waals surface area contributed by atoms with Crippen molar-refractivity contribution < 1.29 is 19.1 Å². The molecule has 3 rings (SSSR count). The molecule has 1 N–H and O–H groups in total. The molecule has 1 unspecified atom stereocenters. The van der Waals surface area contributed by atoms with Crippen LogP contribution in [0.15, 0.2) is 47.8 Å². The number of hydrogen-bond donors (Lipinski definition) is 1. The Kier molecular flexibility index (Phi) is 7.31. The summed E-state index contributed by atoms with van der Waals surface area (Å²) in [5, 5.41) is 5.84. The molecule has 1 heterocycles. The van der Waals surface area contributed by atoms with Crippen molar-refractivity contribution >= 4 is 46.4 Å². The lowest BCUT2D eigenvalue weighted by Crippen LogP contribution is -2.31. The van der Waals surface area contributed by atoms with Crippen LogP contribution in [0, 0.1) is 0 Å². The van der Waals surface area contributed by atoms with Gasteiger partial charge in [0.25, 0.3) is 5.91 Å². The standard InChI is InChI=1S/C21H18Cl2N2O4S/c1-12(14-5-8-16(22)17(23)9-14)24-19(26)10-29-21(27)18-11-30-20(25-18)13-3-6-15(28-2)7-4-13/h3-9,11-12H,10H2,1-2H3,(H,24,26). The Morgan fingerprint density at radius 1 is 1.13 bits per heavy atom. The molecule has 0 aliphatic rings. The van der Waals surface area contributed by atoms with Gasteiger partial charge in [-0.05, 0) is 48.9 Å². The smallest absolute Gasteiger partial charge is 0.358 e. The van der Waals surface area contributed by atoms with E-state index in [1.807, 2.05) is 24.3 Å². The number of carbonyl (C=O) groups excluding carboxylic acids is 2. The van der Waals surface area contributed by atoms with Crippen LogP contribution in [-0.4, -0.2) is 30.6 Å². The summed E-state index contributed by atoms with van der Waals surface area (Å²) in [5.74, 6) is -0.369. The van der Waals surface area contributed by atoms with Crippen molar-refractivity contribution in [3.8, 4) is 16.3 Å². The van der Waals surface area contributed by atoms with Crippen LogP contribution in [0.2, 0.25) is 10.0 Å². The molecule has 0 spiro atoms. The lowest BCUT2D eigenvalue weighted by molar-refractivity contribution is -0.124. The number of esters is 1. The molecule has 0 aliphatic carbocycles. The van der Waals surface area contributed by atoms with Crippen LogP contribution < -0.4 is 10.1 Å². The predicted molar refractivity (Wildman–Crippen MR) is 117 cm³/mol. The van der Waals surface area contributed by atoms with Gasteiger partial charge < -0.3 is 14.8 Å². The van der Waals surface area contributed by atoms with Crippen molar-refractivity contribution in [3.05, 3.63) is 69.1 Å². The zero-order chi connectivity index (χ0) is 21.7. The van der Waals surface area contributed by atoms with Gasteiger partial charge in [0.05, 0.1) is 23.2 Å². The van der Waals surface area contributed by atoms with E-state index in [1.54, 1.807) is 37.6 Å². The summed E-state index contributed by atoms with van der Waals surface area (Å²) >= 11 is 13.2. The molecule has 30 heavy (non-hydrogen) atoms. The molecule has 1 amide bonds. The second-order valence-corrected chi connectivity index (χ2v) is 7.98. The number of nitrogens with zero attached hydrogens (tertiary/aromatic N) is 1. The molecule has 9 heteroatoms. The maximum Gasteiger partial charge on any atom is 0.358 e. The topological polar surface area (TPSA) is 77.5 Å². The Labute approximate surface area is 187 Å². The van der Waals surface area contributed by atoms with Crippen molar-refractivity contribution in [2.45, 2.75) is 13.0 Å². The Balaban J connectivity index is 1.54. The van der Waals surface area contributed by atoms with Crippen molar-refractivity contribution in [1.29, 1.82) is 0 Å². The average molecular weight is 465 g/mol. The quantitative estimate of drug-likeness (QED) is 0.488. The van der Waals surface area contributed by atoms with Crippen LogP contribution in [-0.2, 0) is 9.53 Å². The number of carbonyl (C=O) groups is 2. The van der Waals surface area contributed by atoms with Gasteiger partial charge in [-0.15, -0.1) is 11.3 Å². The molecule has 0 saturated heterocycles. The molecular weight excluding hydrogens is 447 g/mol. The molecule has 156 valence electrons. The lowest BCUT2D eigenvalue weighted by Gasteiger charge is -2.15. The summed E-state index contributed by atoms with van der Waals surface area (Å²) < 4.78 is 10.2. The first-order chi connectivity index (χ1) is 14.4. The average Bonchev–Trinajstić information content (AvgIpc) is 3.24. The van der Waals surface area contributed by atoms with Gasteiger partial charge in [-0.2, -0.15) is 0 Å². The Morgan fingerprint density at radius 3 is 2.53 bits per heavy atom. The van der Waals surface area contributed by atoms with Gasteiger partial charge in [0.2, 0.25) is 0 Å². The molecule has 0 aliphatic heterocycles. The minimum absolute atomic E-state index is 0.149. The number of aromatic nitrogens is 1. The first kappa shape index (κ1) is 22.1. The van der Waals surface area contributed by atoms with E-state index < -0.39 is 18.5 Å². The highest BCUT2D eigenvalue weighted by Gasteiger charge is 2.17. The zero-order valence-electron chi connectivity index (χ0n) is 16.1. The highest BCUT2D eigenvalue weighted by atomic mass is 35.5. The van der Waals surface area contributed by atoms with Crippen LogP contribution in [0.5, 0.6) is 5.75 Å². The molecule has 1 atom stereocenters. The SMILES string of the molecule is COc1ccc(-c2nc(C(=O)OCC(=O)NC(C)c3ccc(Cl)c(Cl)c3)cs2)cc1. The summed E-state index contributed by atoms with van der Waals surface area (Å²) in [6.45, 7) is 1.38. The summed E-state index contributed by atoms with van der Waals surface area (Å²) in [6.07, 6.45) is 0. The largest absolute Gasteiger partial charge is 0.497 e. The van der Waals surface area contributed by atoms with E-state index in [1.165, 1.54) is 11.3 Å². The molecule has 0 fully saturated rings. The van der Waals surface area contributed by atoms with E-state index in [4.69, 9.17) is 32.7 Å². The highest BCUT2D eigenvalue weighted by Crippen LogP contribution is 2.27. The monoisotopic (exact) mass is 464 g/mol. The summed E-state index contributed by atoms with van der Waals surface area (Å²) in [7, 11) is 1.59. The van der Waals surface area contributed by atoms with E-state index >= 15 is 0 Å². The van der Waals surface area contributed by atoms with Crippen molar-refractivity contribution in [1.82, 2.24) is 10.3 Å². The molecule has 0 saturated carbocycles.